The molecule has 1 aliphatic rings. The van der Waals surface area contributed by atoms with Crippen molar-refractivity contribution >= 4 is 23.1 Å². The van der Waals surface area contributed by atoms with Crippen LogP contribution in [0.25, 0.3) is 5.76 Å². The predicted molar refractivity (Wildman–Crippen MR) is 106 cm³/mol. The molecule has 0 unspecified atom stereocenters. The van der Waals surface area contributed by atoms with Crippen LogP contribution in [0.4, 0.5) is 10.1 Å². The first-order valence-electron chi connectivity index (χ1n) is 8.89. The van der Waals surface area contributed by atoms with E-state index in [0.717, 1.165) is 4.90 Å². The van der Waals surface area contributed by atoms with Crippen molar-refractivity contribution in [3.63, 3.8) is 0 Å². The van der Waals surface area contributed by atoms with Crippen molar-refractivity contribution in [2.75, 3.05) is 4.90 Å². The first-order valence-corrected chi connectivity index (χ1v) is 8.89. The molecule has 0 bridgehead atoms. The van der Waals surface area contributed by atoms with Gasteiger partial charge in [-0.15, -0.1) is 0 Å². The summed E-state index contributed by atoms with van der Waals surface area (Å²) in [5, 5.41) is 20.4. The summed E-state index contributed by atoms with van der Waals surface area (Å²) in [4.78, 5) is 26.9. The number of Topliss-reactive ketones (excluding diaryl/α,β-unsaturated/α-hetero) is 1. The molecule has 0 saturated carbocycles. The van der Waals surface area contributed by atoms with Gasteiger partial charge in [-0.1, -0.05) is 48.5 Å². The van der Waals surface area contributed by atoms with Crippen molar-refractivity contribution < 1.29 is 24.2 Å². The lowest BCUT2D eigenvalue weighted by Gasteiger charge is -2.25. The molecule has 1 saturated heterocycles. The molecule has 4 rings (SSSR count). The fourth-order valence-corrected chi connectivity index (χ4v) is 3.45. The molecule has 5 nitrogen and oxygen atoms in total. The quantitative estimate of drug-likeness (QED) is 0.401. The standard InChI is InChI=1S/C23H16FNO4/c24-18-9-5-4-8-17(18)20-19(21(27)14-6-2-1-3-7-14)22(28)23(29)25(20)15-10-12-16(26)13-11-15/h1-13,20,26-27H/b21-19+/t20-/m0/s1. The number of phenols is 1. The number of aliphatic hydroxyl groups excluding tert-OH is 1. The third kappa shape index (κ3) is 3.14. The second-order valence-electron chi connectivity index (χ2n) is 6.57. The van der Waals surface area contributed by atoms with Gasteiger partial charge in [-0.2, -0.15) is 0 Å². The Hall–Kier alpha value is -3.93. The van der Waals surface area contributed by atoms with Crippen molar-refractivity contribution in [3.05, 3.63) is 101 Å². The molecule has 1 atom stereocenters. The largest absolute Gasteiger partial charge is 0.508 e. The molecule has 0 spiro atoms. The van der Waals surface area contributed by atoms with Gasteiger partial charge in [0.15, 0.2) is 0 Å². The van der Waals surface area contributed by atoms with E-state index in [-0.39, 0.29) is 22.6 Å². The Kier molecular flexibility index (Phi) is 4.60. The first-order chi connectivity index (χ1) is 14.0. The fourth-order valence-electron chi connectivity index (χ4n) is 3.45. The number of carbonyl (C=O) groups is 2. The van der Waals surface area contributed by atoms with E-state index >= 15 is 0 Å². The van der Waals surface area contributed by atoms with Crippen LogP contribution in [0.15, 0.2) is 84.4 Å². The Labute approximate surface area is 166 Å². The van der Waals surface area contributed by atoms with Gasteiger partial charge in [0.05, 0.1) is 11.6 Å². The van der Waals surface area contributed by atoms with Crippen molar-refractivity contribution in [2.45, 2.75) is 6.04 Å². The second kappa shape index (κ2) is 7.24. The van der Waals surface area contributed by atoms with Gasteiger partial charge in [0.1, 0.15) is 17.3 Å². The molecule has 3 aromatic rings. The molecule has 1 aliphatic heterocycles. The molecule has 1 amide bonds. The molecule has 1 fully saturated rings. The Morgan fingerprint density at radius 1 is 0.862 bits per heavy atom. The smallest absolute Gasteiger partial charge is 0.300 e. The summed E-state index contributed by atoms with van der Waals surface area (Å²) < 4.78 is 14.7. The van der Waals surface area contributed by atoms with Gasteiger partial charge in [-0.3, -0.25) is 14.5 Å². The number of amides is 1. The van der Waals surface area contributed by atoms with Crippen LogP contribution in [0, 0.1) is 5.82 Å². The summed E-state index contributed by atoms with van der Waals surface area (Å²) in [6.07, 6.45) is 0. The topological polar surface area (TPSA) is 77.8 Å². The molecule has 0 aliphatic carbocycles. The fraction of sp³-hybridized carbons (Fsp3) is 0.0435. The summed E-state index contributed by atoms with van der Waals surface area (Å²) in [5.74, 6) is -2.80. The van der Waals surface area contributed by atoms with E-state index in [4.69, 9.17) is 0 Å². The van der Waals surface area contributed by atoms with Crippen LogP contribution in [0.1, 0.15) is 17.2 Å². The van der Waals surface area contributed by atoms with E-state index in [9.17, 15) is 24.2 Å². The highest BCUT2D eigenvalue weighted by molar-refractivity contribution is 6.51. The first kappa shape index (κ1) is 18.4. The highest BCUT2D eigenvalue weighted by atomic mass is 19.1. The number of hydrogen-bond acceptors (Lipinski definition) is 4. The zero-order valence-electron chi connectivity index (χ0n) is 15.1. The van der Waals surface area contributed by atoms with Crippen molar-refractivity contribution in [1.82, 2.24) is 0 Å². The van der Waals surface area contributed by atoms with Gasteiger partial charge in [0.2, 0.25) is 0 Å². The van der Waals surface area contributed by atoms with E-state index < -0.39 is 23.5 Å². The molecule has 3 aromatic carbocycles. The maximum atomic E-state index is 14.7. The number of nitrogens with zero attached hydrogens (tertiary/aromatic N) is 1. The molecule has 0 radical (unpaired) electrons. The number of benzene rings is 3. The van der Waals surface area contributed by atoms with E-state index in [1.807, 2.05) is 0 Å². The number of phenolic OH excluding ortho intramolecular Hbond substituents is 1. The minimum absolute atomic E-state index is 0.0166. The number of anilines is 1. The number of ketones is 1. The van der Waals surface area contributed by atoms with Crippen LogP contribution in [0.2, 0.25) is 0 Å². The number of halogens is 1. The third-order valence-corrected chi connectivity index (χ3v) is 4.82. The lowest BCUT2D eigenvalue weighted by molar-refractivity contribution is -0.132. The maximum absolute atomic E-state index is 14.7. The number of carbonyl (C=O) groups excluding carboxylic acids is 2. The SMILES string of the molecule is O=C1C(=O)N(c2ccc(O)cc2)[C@@H](c2ccccc2F)/C1=C(\O)c1ccccc1. The Morgan fingerprint density at radius 3 is 2.14 bits per heavy atom. The van der Waals surface area contributed by atoms with Crippen LogP contribution in [-0.4, -0.2) is 21.9 Å². The lowest BCUT2D eigenvalue weighted by atomic mass is 9.94. The monoisotopic (exact) mass is 389 g/mol. The average molecular weight is 389 g/mol. The van der Waals surface area contributed by atoms with Gasteiger partial charge in [-0.25, -0.2) is 4.39 Å². The summed E-state index contributed by atoms with van der Waals surface area (Å²) in [6.45, 7) is 0. The Balaban J connectivity index is 1.97. The molecule has 144 valence electrons. The predicted octanol–water partition coefficient (Wildman–Crippen LogP) is 4.16. The van der Waals surface area contributed by atoms with E-state index in [0.29, 0.717) is 11.3 Å². The van der Waals surface area contributed by atoms with Crippen LogP contribution in [0.5, 0.6) is 5.75 Å². The van der Waals surface area contributed by atoms with Crippen LogP contribution in [-0.2, 0) is 9.59 Å². The molecule has 29 heavy (non-hydrogen) atoms. The third-order valence-electron chi connectivity index (χ3n) is 4.82. The van der Waals surface area contributed by atoms with E-state index in [1.165, 1.54) is 42.5 Å². The van der Waals surface area contributed by atoms with E-state index in [1.54, 1.807) is 36.4 Å². The van der Waals surface area contributed by atoms with Gasteiger partial charge in [0, 0.05) is 16.8 Å². The van der Waals surface area contributed by atoms with Crippen LogP contribution < -0.4 is 4.90 Å². The maximum Gasteiger partial charge on any atom is 0.300 e. The van der Waals surface area contributed by atoms with Gasteiger partial charge in [-0.05, 0) is 30.3 Å². The van der Waals surface area contributed by atoms with Gasteiger partial charge >= 0.3 is 0 Å². The summed E-state index contributed by atoms with van der Waals surface area (Å²) in [6, 6.07) is 18.6. The Morgan fingerprint density at radius 2 is 1.48 bits per heavy atom. The molecule has 6 heteroatoms. The lowest BCUT2D eigenvalue weighted by Crippen LogP contribution is -2.29. The minimum Gasteiger partial charge on any atom is -0.508 e. The number of aromatic hydroxyl groups is 1. The highest BCUT2D eigenvalue weighted by Gasteiger charge is 2.47. The average Bonchev–Trinajstić information content (AvgIpc) is 3.00. The van der Waals surface area contributed by atoms with Crippen LogP contribution in [0.3, 0.4) is 0 Å². The molecule has 2 N–H and O–H groups in total. The number of rotatable bonds is 3. The number of hydrogen-bond donors (Lipinski definition) is 2. The van der Waals surface area contributed by atoms with Crippen LogP contribution >= 0.6 is 0 Å². The Bertz CT molecular complexity index is 1120. The molecular weight excluding hydrogens is 373 g/mol. The minimum atomic E-state index is -1.15. The van der Waals surface area contributed by atoms with E-state index in [2.05, 4.69) is 0 Å². The normalized spacial score (nSPS) is 18.2. The number of aliphatic hydroxyl groups is 1. The molecule has 0 aromatic heterocycles. The summed E-state index contributed by atoms with van der Waals surface area (Å²) in [5.41, 5.74) is 0.527. The zero-order valence-corrected chi connectivity index (χ0v) is 15.1. The summed E-state index contributed by atoms with van der Waals surface area (Å²) >= 11 is 0. The van der Waals surface area contributed by atoms with Gasteiger partial charge in [0.25, 0.3) is 11.7 Å². The molecule has 1 heterocycles. The van der Waals surface area contributed by atoms with Crippen molar-refractivity contribution in [3.8, 4) is 5.75 Å². The van der Waals surface area contributed by atoms with Crippen molar-refractivity contribution in [1.29, 1.82) is 0 Å². The zero-order chi connectivity index (χ0) is 20.5. The van der Waals surface area contributed by atoms with Crippen molar-refractivity contribution in [2.24, 2.45) is 0 Å². The second-order valence-corrected chi connectivity index (χ2v) is 6.57. The van der Waals surface area contributed by atoms with Gasteiger partial charge < -0.3 is 10.2 Å². The molecular formula is C23H16FNO4. The highest BCUT2D eigenvalue weighted by Crippen LogP contribution is 2.43. The summed E-state index contributed by atoms with van der Waals surface area (Å²) in [7, 11) is 0.